The summed E-state index contributed by atoms with van der Waals surface area (Å²) < 4.78 is 0. The lowest BCUT2D eigenvalue weighted by Gasteiger charge is -2.37. The van der Waals surface area contributed by atoms with Crippen LogP contribution in [0.15, 0.2) is 24.3 Å². The molecule has 1 unspecified atom stereocenters. The van der Waals surface area contributed by atoms with Crippen molar-refractivity contribution in [1.82, 2.24) is 10.2 Å². The van der Waals surface area contributed by atoms with Crippen LogP contribution < -0.4 is 11.1 Å². The predicted molar refractivity (Wildman–Crippen MR) is 74.8 cm³/mol. The molecule has 2 aliphatic rings. The van der Waals surface area contributed by atoms with E-state index in [2.05, 4.69) is 24.4 Å². The van der Waals surface area contributed by atoms with Crippen molar-refractivity contribution in [2.24, 2.45) is 5.73 Å². The molecule has 0 spiro atoms. The van der Waals surface area contributed by atoms with Crippen molar-refractivity contribution in [3.05, 3.63) is 35.4 Å². The fourth-order valence-electron chi connectivity index (χ4n) is 3.23. The number of nitrogens with one attached hydrogen (secondary N) is 1. The maximum Gasteiger partial charge on any atom is 0.243 e. The molecular weight excluding hydrogens is 238 g/mol. The Balaban J connectivity index is 1.77. The van der Waals surface area contributed by atoms with E-state index < -0.39 is 5.54 Å². The van der Waals surface area contributed by atoms with Crippen LogP contribution in [0, 0.1) is 0 Å². The lowest BCUT2D eigenvalue weighted by Crippen LogP contribution is -2.61. The first-order valence-electron chi connectivity index (χ1n) is 6.97. The number of nitrogens with zero attached hydrogens (tertiary/aromatic N) is 1. The van der Waals surface area contributed by atoms with Gasteiger partial charge in [0.25, 0.3) is 0 Å². The Morgan fingerprint density at radius 2 is 2.00 bits per heavy atom. The maximum absolute atomic E-state index is 12.7. The smallest absolute Gasteiger partial charge is 0.243 e. The summed E-state index contributed by atoms with van der Waals surface area (Å²) in [6.07, 6.45) is 1.33. The van der Waals surface area contributed by atoms with E-state index in [1.54, 1.807) is 0 Å². The summed E-state index contributed by atoms with van der Waals surface area (Å²) in [5.74, 6) is 0.108. The van der Waals surface area contributed by atoms with Crippen molar-refractivity contribution in [2.75, 3.05) is 19.6 Å². The molecule has 1 amide bonds. The molecule has 3 N–H and O–H groups in total. The second kappa shape index (κ2) is 4.62. The largest absolute Gasteiger partial charge is 0.338 e. The number of piperazine rings is 1. The topological polar surface area (TPSA) is 58.4 Å². The number of amides is 1. The molecule has 1 aliphatic heterocycles. The molecule has 1 aromatic carbocycles. The third-order valence-corrected chi connectivity index (χ3v) is 4.21. The zero-order valence-electron chi connectivity index (χ0n) is 11.4. The Labute approximate surface area is 114 Å². The van der Waals surface area contributed by atoms with Crippen molar-refractivity contribution in [2.45, 2.75) is 31.3 Å². The van der Waals surface area contributed by atoms with Crippen molar-refractivity contribution in [3.8, 4) is 0 Å². The van der Waals surface area contributed by atoms with Gasteiger partial charge in [0.2, 0.25) is 5.91 Å². The van der Waals surface area contributed by atoms with Crippen LogP contribution in [0.2, 0.25) is 0 Å². The lowest BCUT2D eigenvalue weighted by atomic mass is 9.94. The van der Waals surface area contributed by atoms with Gasteiger partial charge >= 0.3 is 0 Å². The molecule has 1 aromatic rings. The number of nitrogens with two attached hydrogens (primary N) is 1. The minimum atomic E-state index is -0.735. The van der Waals surface area contributed by atoms with Crippen LogP contribution in [-0.4, -0.2) is 42.0 Å². The number of hydrogen-bond acceptors (Lipinski definition) is 3. The third-order valence-electron chi connectivity index (χ3n) is 4.21. The van der Waals surface area contributed by atoms with Crippen molar-refractivity contribution >= 4 is 5.91 Å². The molecule has 19 heavy (non-hydrogen) atoms. The maximum atomic E-state index is 12.7. The summed E-state index contributed by atoms with van der Waals surface area (Å²) in [5, 5.41) is 3.35. The summed E-state index contributed by atoms with van der Waals surface area (Å²) in [6, 6.07) is 8.55. The van der Waals surface area contributed by atoms with Crippen LogP contribution in [0.3, 0.4) is 0 Å². The highest BCUT2D eigenvalue weighted by Crippen LogP contribution is 2.29. The summed E-state index contributed by atoms with van der Waals surface area (Å²) in [6.45, 7) is 4.48. The summed E-state index contributed by atoms with van der Waals surface area (Å²) in [5.41, 5.74) is 8.13. The van der Waals surface area contributed by atoms with Gasteiger partial charge in [0.05, 0.1) is 0 Å². The first kappa shape index (κ1) is 12.6. The van der Waals surface area contributed by atoms with Gasteiger partial charge in [0.1, 0.15) is 5.54 Å². The zero-order chi connectivity index (χ0) is 13.5. The zero-order valence-corrected chi connectivity index (χ0v) is 11.4. The number of hydrogen-bond donors (Lipinski definition) is 2. The minimum absolute atomic E-state index is 0.108. The van der Waals surface area contributed by atoms with Crippen LogP contribution in [0.5, 0.6) is 0 Å². The van der Waals surface area contributed by atoms with Gasteiger partial charge in [-0.15, -0.1) is 0 Å². The van der Waals surface area contributed by atoms with Crippen LogP contribution in [0.1, 0.15) is 18.1 Å². The van der Waals surface area contributed by atoms with Crippen LogP contribution in [0.4, 0.5) is 0 Å². The normalized spacial score (nSPS) is 25.2. The molecule has 0 radical (unpaired) electrons. The van der Waals surface area contributed by atoms with Crippen LogP contribution in [0.25, 0.3) is 0 Å². The Bertz CT molecular complexity index is 475. The fraction of sp³-hybridized carbons (Fsp3) is 0.533. The number of rotatable bonds is 1. The average Bonchev–Trinajstić information content (AvgIpc) is 2.75. The number of fused-ring (bicyclic) bond motifs is 1. The van der Waals surface area contributed by atoms with Gasteiger partial charge in [-0.05, 0) is 30.9 Å². The highest BCUT2D eigenvalue weighted by molar-refractivity contribution is 5.88. The number of benzene rings is 1. The Morgan fingerprint density at radius 3 is 2.58 bits per heavy atom. The molecule has 0 bridgehead atoms. The monoisotopic (exact) mass is 259 g/mol. The Morgan fingerprint density at radius 1 is 1.37 bits per heavy atom. The highest BCUT2D eigenvalue weighted by atomic mass is 16.2. The molecule has 102 valence electrons. The van der Waals surface area contributed by atoms with Crippen molar-refractivity contribution < 1.29 is 4.79 Å². The van der Waals surface area contributed by atoms with Crippen LogP contribution >= 0.6 is 0 Å². The lowest BCUT2D eigenvalue weighted by molar-refractivity contribution is -0.137. The highest BCUT2D eigenvalue weighted by Gasteiger charge is 2.43. The van der Waals surface area contributed by atoms with Crippen molar-refractivity contribution in [3.63, 3.8) is 0 Å². The molecule has 0 aromatic heterocycles. The van der Waals surface area contributed by atoms with Gasteiger partial charge in [-0.3, -0.25) is 4.79 Å². The minimum Gasteiger partial charge on any atom is -0.338 e. The SMILES string of the molecule is CC1CN(C(=O)C2(N)Cc3ccccc3C2)CCN1. The molecular formula is C15H21N3O. The molecule has 1 fully saturated rings. The second-order valence-corrected chi connectivity index (χ2v) is 5.88. The van der Waals surface area contributed by atoms with E-state index in [1.165, 1.54) is 11.1 Å². The molecule has 0 saturated carbocycles. The van der Waals surface area contributed by atoms with Gasteiger partial charge < -0.3 is 16.0 Å². The standard InChI is InChI=1S/C15H21N3O/c1-11-10-18(7-6-17-11)14(19)15(16)8-12-4-2-3-5-13(12)9-15/h2-5,11,17H,6-10,16H2,1H3. The second-order valence-electron chi connectivity index (χ2n) is 5.88. The van der Waals surface area contributed by atoms with Crippen LogP contribution in [-0.2, 0) is 17.6 Å². The number of carbonyl (C=O) groups is 1. The molecule has 1 heterocycles. The predicted octanol–water partition coefficient (Wildman–Crippen LogP) is 0.303. The van der Waals surface area contributed by atoms with Gasteiger partial charge in [0.15, 0.2) is 0 Å². The van der Waals surface area contributed by atoms with E-state index in [9.17, 15) is 4.79 Å². The van der Waals surface area contributed by atoms with Crippen molar-refractivity contribution in [1.29, 1.82) is 0 Å². The van der Waals surface area contributed by atoms with Gasteiger partial charge in [0, 0.05) is 25.7 Å². The quantitative estimate of drug-likeness (QED) is 0.763. The summed E-state index contributed by atoms with van der Waals surface area (Å²) in [7, 11) is 0. The van der Waals surface area contributed by atoms with E-state index in [-0.39, 0.29) is 5.91 Å². The first-order valence-corrected chi connectivity index (χ1v) is 6.97. The number of carbonyl (C=O) groups excluding carboxylic acids is 1. The Hall–Kier alpha value is -1.39. The van der Waals surface area contributed by atoms with Gasteiger partial charge in [-0.25, -0.2) is 0 Å². The Kier molecular flexibility index (Phi) is 3.07. The van der Waals surface area contributed by atoms with Gasteiger partial charge in [-0.1, -0.05) is 24.3 Å². The molecule has 4 nitrogen and oxygen atoms in total. The van der Waals surface area contributed by atoms with Gasteiger partial charge in [-0.2, -0.15) is 0 Å². The molecule has 1 aliphatic carbocycles. The molecule has 1 saturated heterocycles. The molecule has 1 atom stereocenters. The van der Waals surface area contributed by atoms with E-state index in [4.69, 9.17) is 5.73 Å². The molecule has 3 rings (SSSR count). The summed E-state index contributed by atoms with van der Waals surface area (Å²) >= 11 is 0. The first-order chi connectivity index (χ1) is 9.08. The van der Waals surface area contributed by atoms with E-state index >= 15 is 0 Å². The van der Waals surface area contributed by atoms with E-state index in [1.807, 2.05) is 17.0 Å². The van der Waals surface area contributed by atoms with E-state index in [0.29, 0.717) is 18.9 Å². The average molecular weight is 259 g/mol. The summed E-state index contributed by atoms with van der Waals surface area (Å²) in [4.78, 5) is 14.6. The third kappa shape index (κ3) is 2.26. The fourth-order valence-corrected chi connectivity index (χ4v) is 3.23. The molecule has 4 heteroatoms. The van der Waals surface area contributed by atoms with E-state index in [0.717, 1.165) is 19.6 Å².